The van der Waals surface area contributed by atoms with Gasteiger partial charge in [-0.2, -0.15) is 8.78 Å². The Kier molecular flexibility index (Phi) is 6.59. The Morgan fingerprint density at radius 2 is 1.94 bits per heavy atom. The summed E-state index contributed by atoms with van der Waals surface area (Å²) >= 11 is 0. The monoisotopic (exact) mass is 495 g/mol. The highest BCUT2D eigenvalue weighted by atomic mass is 19.3. The zero-order valence-electron chi connectivity index (χ0n) is 19.8. The van der Waals surface area contributed by atoms with E-state index in [0.717, 1.165) is 6.07 Å². The molecule has 2 aliphatic rings. The van der Waals surface area contributed by atoms with Gasteiger partial charge in [0.1, 0.15) is 13.6 Å². The molecule has 2 aromatic rings. The first-order valence-electron chi connectivity index (χ1n) is 11.4. The number of carbonyl (C=O) groups excluding carboxylic acids is 4. The molecule has 0 aromatic heterocycles. The average molecular weight is 495 g/mol. The van der Waals surface area contributed by atoms with Crippen LogP contribution in [-0.4, -0.2) is 47.9 Å². The maximum absolute atomic E-state index is 15.0. The van der Waals surface area contributed by atoms with Crippen LogP contribution >= 0.6 is 0 Å². The van der Waals surface area contributed by atoms with E-state index in [1.165, 1.54) is 29.2 Å². The van der Waals surface area contributed by atoms with Crippen molar-refractivity contribution in [1.82, 2.24) is 15.5 Å². The van der Waals surface area contributed by atoms with Crippen LogP contribution in [0.4, 0.5) is 8.78 Å². The van der Waals surface area contributed by atoms with Crippen molar-refractivity contribution in [3.05, 3.63) is 64.7 Å². The van der Waals surface area contributed by atoms with Gasteiger partial charge in [-0.15, -0.1) is 0 Å². The van der Waals surface area contributed by atoms with Gasteiger partial charge < -0.3 is 15.0 Å². The zero-order valence-corrected chi connectivity index (χ0v) is 19.8. The van der Waals surface area contributed by atoms with E-state index in [-0.39, 0.29) is 37.8 Å². The van der Waals surface area contributed by atoms with E-state index in [0.29, 0.717) is 16.7 Å². The van der Waals surface area contributed by atoms with Gasteiger partial charge in [0.25, 0.3) is 11.8 Å². The molecule has 4 rings (SSSR count). The van der Waals surface area contributed by atoms with Gasteiger partial charge >= 0.3 is 5.92 Å². The summed E-state index contributed by atoms with van der Waals surface area (Å²) in [6.45, 7) is 3.18. The highest BCUT2D eigenvalue weighted by molar-refractivity contribution is 6.32. The summed E-state index contributed by atoms with van der Waals surface area (Å²) in [4.78, 5) is 50.4. The van der Waals surface area contributed by atoms with Crippen LogP contribution in [0, 0.1) is 0 Å². The second-order valence-corrected chi connectivity index (χ2v) is 9.10. The summed E-state index contributed by atoms with van der Waals surface area (Å²) in [6, 6.07) is 10.1. The first kappa shape index (κ1) is 25.3. The molecule has 186 valence electrons. The van der Waals surface area contributed by atoms with Gasteiger partial charge in [0.15, 0.2) is 0 Å². The maximum atomic E-state index is 15.0. The molecular weight excluding hydrogens is 471 g/mol. The summed E-state index contributed by atoms with van der Waals surface area (Å²) in [6.07, 6.45) is -0.372. The van der Waals surface area contributed by atoms with Crippen LogP contribution in [0.15, 0.2) is 42.5 Å². The van der Waals surface area contributed by atoms with E-state index in [2.05, 4.69) is 10.6 Å². The number of hydrogen-bond donors (Lipinski definition) is 2. The van der Waals surface area contributed by atoms with E-state index < -0.39 is 40.6 Å². The fraction of sp³-hybridized carbons (Fsp3) is 0.360. The lowest BCUT2D eigenvalue weighted by molar-refractivity contribution is -0.147. The molecule has 36 heavy (non-hydrogen) atoms. The van der Waals surface area contributed by atoms with Crippen molar-refractivity contribution in [3.63, 3.8) is 0 Å². The van der Waals surface area contributed by atoms with E-state index in [1.807, 2.05) is 0 Å². The first-order valence-corrected chi connectivity index (χ1v) is 11.4. The highest BCUT2D eigenvalue weighted by Crippen LogP contribution is 2.36. The molecule has 2 aromatic carbocycles. The number of hydrogen-bond acceptors (Lipinski definition) is 5. The van der Waals surface area contributed by atoms with Crippen molar-refractivity contribution < 1.29 is 32.7 Å². The van der Waals surface area contributed by atoms with Crippen LogP contribution in [-0.2, 0) is 33.4 Å². The summed E-state index contributed by atoms with van der Waals surface area (Å²) in [5.41, 5.74) is -0.891. The quantitative estimate of drug-likeness (QED) is 0.453. The van der Waals surface area contributed by atoms with Gasteiger partial charge in [0.2, 0.25) is 11.8 Å². The lowest BCUT2D eigenvalue weighted by atomic mass is 9.70. The second-order valence-electron chi connectivity index (χ2n) is 9.10. The van der Waals surface area contributed by atoms with Crippen molar-refractivity contribution in [2.75, 3.05) is 0 Å². The molecule has 2 heterocycles. The topological polar surface area (TPSA) is 105 Å². The number of rotatable bonds is 7. The van der Waals surface area contributed by atoms with Crippen molar-refractivity contribution >= 4 is 31.5 Å². The predicted molar refractivity (Wildman–Crippen MR) is 125 cm³/mol. The number of amides is 4. The molecule has 0 saturated carbocycles. The number of alkyl halides is 2. The Bertz CT molecular complexity index is 1250. The molecule has 1 saturated heterocycles. The third-order valence-corrected chi connectivity index (χ3v) is 6.16. The van der Waals surface area contributed by atoms with Gasteiger partial charge in [0, 0.05) is 25.1 Å². The molecule has 2 aliphatic heterocycles. The van der Waals surface area contributed by atoms with Gasteiger partial charge in [-0.05, 0) is 49.6 Å². The molecule has 4 amide bonds. The minimum atomic E-state index is -3.84. The van der Waals surface area contributed by atoms with Crippen molar-refractivity contribution in [3.8, 4) is 5.75 Å². The largest absolute Gasteiger partial charge is 0.490 e. The number of benzene rings is 2. The van der Waals surface area contributed by atoms with Gasteiger partial charge in [-0.3, -0.25) is 24.5 Å². The van der Waals surface area contributed by atoms with E-state index in [1.54, 1.807) is 26.0 Å². The number of nitrogens with one attached hydrogen (secondary N) is 2. The number of halogens is 2. The number of imide groups is 1. The molecule has 8 nitrogen and oxygen atoms in total. The van der Waals surface area contributed by atoms with Crippen LogP contribution < -0.4 is 15.4 Å². The minimum Gasteiger partial charge on any atom is -0.490 e. The van der Waals surface area contributed by atoms with Crippen molar-refractivity contribution in [1.29, 1.82) is 0 Å². The van der Waals surface area contributed by atoms with E-state index in [9.17, 15) is 28.0 Å². The number of ether oxygens (including phenoxy) is 1. The standard InChI is InChI=1S/C25H24BF2N3O5/c1-14(2)36-19-6-4-3-5-18(19)25(27,28)23(35)29-12-15-7-8-17-16(11-15)13-31(21(17)33)24(26)10-9-20(32)30-22(24)34/h3-8,11,14H,9-10,12-13H2,1-2H3,(H,29,35)(H,30,32,34)/t24-/m0/s1. The highest BCUT2D eigenvalue weighted by Gasteiger charge is 2.48. The minimum absolute atomic E-state index is 0.000798. The van der Waals surface area contributed by atoms with Crippen LogP contribution in [0.2, 0.25) is 0 Å². The average Bonchev–Trinajstić information content (AvgIpc) is 3.16. The summed E-state index contributed by atoms with van der Waals surface area (Å²) < 4.78 is 35.4. The van der Waals surface area contributed by atoms with Crippen LogP contribution in [0.25, 0.3) is 0 Å². The Balaban J connectivity index is 1.47. The predicted octanol–water partition coefficient (Wildman–Crippen LogP) is 2.14. The normalized spacial score (nSPS) is 19.8. The van der Waals surface area contributed by atoms with Gasteiger partial charge in [0.05, 0.1) is 17.1 Å². The molecule has 0 aliphatic carbocycles. The first-order chi connectivity index (χ1) is 16.9. The Labute approximate surface area is 207 Å². The molecule has 2 N–H and O–H groups in total. The Morgan fingerprint density at radius 3 is 2.64 bits per heavy atom. The smallest absolute Gasteiger partial charge is 0.353 e. The Hall–Kier alpha value is -3.76. The number of fused-ring (bicyclic) bond motifs is 1. The van der Waals surface area contributed by atoms with E-state index in [4.69, 9.17) is 12.6 Å². The Morgan fingerprint density at radius 1 is 1.22 bits per heavy atom. The van der Waals surface area contributed by atoms with Crippen LogP contribution in [0.5, 0.6) is 5.75 Å². The molecule has 1 atom stereocenters. The van der Waals surface area contributed by atoms with Crippen LogP contribution in [0.1, 0.15) is 53.7 Å². The molecule has 2 radical (unpaired) electrons. The maximum Gasteiger partial charge on any atom is 0.353 e. The molecule has 0 bridgehead atoms. The lowest BCUT2D eigenvalue weighted by Crippen LogP contribution is -2.63. The number of para-hydroxylation sites is 1. The summed E-state index contributed by atoms with van der Waals surface area (Å²) in [5, 5.41) is 4.40. The summed E-state index contributed by atoms with van der Waals surface area (Å²) in [5.74, 6) is -7.10. The fourth-order valence-electron chi connectivity index (χ4n) is 4.28. The van der Waals surface area contributed by atoms with Crippen molar-refractivity contribution in [2.24, 2.45) is 0 Å². The van der Waals surface area contributed by atoms with E-state index >= 15 is 0 Å². The third kappa shape index (κ3) is 4.57. The van der Waals surface area contributed by atoms with Gasteiger partial charge in [-0.1, -0.05) is 24.3 Å². The SMILES string of the molecule is [B][C@]1(N2Cc3cc(CNC(=O)C(F)(F)c4ccccc4OC(C)C)ccc3C2=O)CCC(=O)NC1=O. The lowest BCUT2D eigenvalue weighted by Gasteiger charge is -2.40. The number of nitrogens with zero attached hydrogens (tertiary/aromatic N) is 1. The van der Waals surface area contributed by atoms with Crippen molar-refractivity contribution in [2.45, 2.75) is 57.2 Å². The molecular formula is C25H24BF2N3O5. The second kappa shape index (κ2) is 9.36. The summed E-state index contributed by atoms with van der Waals surface area (Å²) in [7, 11) is 6.21. The zero-order chi connectivity index (χ0) is 26.3. The van der Waals surface area contributed by atoms with Crippen LogP contribution in [0.3, 0.4) is 0 Å². The third-order valence-electron chi connectivity index (χ3n) is 6.16. The fourth-order valence-corrected chi connectivity index (χ4v) is 4.28. The molecule has 1 fully saturated rings. The molecule has 11 heteroatoms. The molecule has 0 spiro atoms. The molecule has 0 unspecified atom stereocenters. The number of piperidine rings is 1. The number of carbonyl (C=O) groups is 4. The van der Waals surface area contributed by atoms with Gasteiger partial charge in [-0.25, -0.2) is 0 Å².